The summed E-state index contributed by atoms with van der Waals surface area (Å²) in [5, 5.41) is 3.05. The number of aromatic nitrogens is 1. The fourth-order valence-corrected chi connectivity index (χ4v) is 11.2. The molecule has 0 spiro atoms. The van der Waals surface area contributed by atoms with Gasteiger partial charge < -0.3 is 15.0 Å². The third-order valence-electron chi connectivity index (χ3n) is 10.1. The van der Waals surface area contributed by atoms with Crippen molar-refractivity contribution in [3.05, 3.63) is 104 Å². The Morgan fingerprint density at radius 1 is 0.979 bits per heavy atom. The van der Waals surface area contributed by atoms with Crippen LogP contribution in [0.25, 0.3) is 0 Å². The molecule has 3 aromatic carbocycles. The Balaban J connectivity index is 1.07. The minimum atomic E-state index is -4.63. The SMILES string of the molecule is Cc1ccc(N2C(=O)C3C4CC(C3C2=O)C2C4Sc3[nH]c(=O)sc3[C@@H]2c2cccc(OCC(=O)Nc3ccccc3C(F)(F)F)c2)cc1. The lowest BCUT2D eigenvalue weighted by Crippen LogP contribution is -2.42. The van der Waals surface area contributed by atoms with Gasteiger partial charge in [-0.25, -0.2) is 0 Å². The first-order chi connectivity index (χ1) is 23.0. The lowest BCUT2D eigenvalue weighted by Gasteiger charge is -2.43. The summed E-state index contributed by atoms with van der Waals surface area (Å²) in [4.78, 5) is 58.1. The first kappa shape index (κ1) is 30.9. The Morgan fingerprint density at radius 3 is 2.46 bits per heavy atom. The maximum absolute atomic E-state index is 14.0. The number of halogens is 3. The van der Waals surface area contributed by atoms with Gasteiger partial charge in [-0.2, -0.15) is 13.2 Å². The monoisotopic (exact) mass is 691 g/mol. The van der Waals surface area contributed by atoms with Crippen LogP contribution < -0.4 is 19.8 Å². The zero-order chi connectivity index (χ0) is 33.5. The van der Waals surface area contributed by atoms with Gasteiger partial charge in [-0.1, -0.05) is 53.3 Å². The molecule has 6 unspecified atom stereocenters. The number of carbonyl (C=O) groups excluding carboxylic acids is 3. The van der Waals surface area contributed by atoms with Crippen LogP contribution in [0, 0.1) is 36.5 Å². The van der Waals surface area contributed by atoms with E-state index in [4.69, 9.17) is 4.74 Å². The molecule has 13 heteroatoms. The van der Waals surface area contributed by atoms with Crippen LogP contribution in [0.3, 0.4) is 0 Å². The molecule has 8 rings (SSSR count). The Hall–Kier alpha value is -4.36. The number of aromatic amines is 1. The minimum absolute atomic E-state index is 0.00206. The van der Waals surface area contributed by atoms with E-state index in [2.05, 4.69) is 10.3 Å². The first-order valence-electron chi connectivity index (χ1n) is 15.5. The fourth-order valence-electron chi connectivity index (χ4n) is 8.31. The molecule has 2 bridgehead atoms. The summed E-state index contributed by atoms with van der Waals surface area (Å²) in [7, 11) is 0. The normalized spacial score (nSPS) is 27.1. The van der Waals surface area contributed by atoms with Crippen LogP contribution in [0.15, 0.2) is 82.6 Å². The van der Waals surface area contributed by atoms with Gasteiger partial charge in [0.2, 0.25) is 11.8 Å². The van der Waals surface area contributed by atoms with Crippen molar-refractivity contribution in [1.29, 1.82) is 0 Å². The van der Waals surface area contributed by atoms with Crippen molar-refractivity contribution in [3.8, 4) is 5.75 Å². The highest BCUT2D eigenvalue weighted by Gasteiger charge is 2.69. The molecule has 1 aromatic heterocycles. The molecule has 4 aromatic rings. The number of H-pyrrole nitrogens is 1. The number of aryl methyl sites for hydroxylation is 1. The van der Waals surface area contributed by atoms with Gasteiger partial charge >= 0.3 is 11.0 Å². The summed E-state index contributed by atoms with van der Waals surface area (Å²) in [5.41, 5.74) is 1.13. The van der Waals surface area contributed by atoms with E-state index in [1.807, 2.05) is 37.3 Å². The zero-order valence-corrected chi connectivity index (χ0v) is 27.0. The van der Waals surface area contributed by atoms with Gasteiger partial charge in [-0.05, 0) is 73.1 Å². The van der Waals surface area contributed by atoms with Crippen molar-refractivity contribution in [3.63, 3.8) is 0 Å². The van der Waals surface area contributed by atoms with Crippen molar-refractivity contribution < 1.29 is 32.3 Å². The van der Waals surface area contributed by atoms with Crippen LogP contribution >= 0.6 is 23.1 Å². The van der Waals surface area contributed by atoms with Crippen LogP contribution in [-0.4, -0.2) is 34.6 Å². The maximum Gasteiger partial charge on any atom is 0.418 e. The van der Waals surface area contributed by atoms with Gasteiger partial charge in [0, 0.05) is 16.0 Å². The molecule has 7 atom stereocenters. The molecule has 8 nitrogen and oxygen atoms in total. The Kier molecular flexibility index (Phi) is 7.33. The highest BCUT2D eigenvalue weighted by molar-refractivity contribution is 8.00. The molecule has 3 fully saturated rings. The van der Waals surface area contributed by atoms with Crippen molar-refractivity contribution in [2.24, 2.45) is 29.6 Å². The number of nitrogens with zero attached hydrogens (tertiary/aromatic N) is 1. The Morgan fingerprint density at radius 2 is 1.71 bits per heavy atom. The van der Waals surface area contributed by atoms with Crippen molar-refractivity contribution in [2.45, 2.75) is 35.7 Å². The van der Waals surface area contributed by atoms with Gasteiger partial charge in [0.15, 0.2) is 6.61 Å². The molecular weight excluding hydrogens is 664 g/mol. The van der Waals surface area contributed by atoms with Crippen LogP contribution in [-0.2, 0) is 20.6 Å². The van der Waals surface area contributed by atoms with Crippen molar-refractivity contribution in [2.75, 3.05) is 16.8 Å². The second-order valence-corrected chi connectivity index (χ2v) is 15.0. The van der Waals surface area contributed by atoms with E-state index in [1.165, 1.54) is 23.1 Å². The topological polar surface area (TPSA) is 109 Å². The van der Waals surface area contributed by atoms with E-state index in [0.717, 1.165) is 44.9 Å². The van der Waals surface area contributed by atoms with Gasteiger partial charge in [0.1, 0.15) is 5.75 Å². The molecule has 2 N–H and O–H groups in total. The van der Waals surface area contributed by atoms with Gasteiger partial charge in [-0.15, -0.1) is 11.8 Å². The Bertz CT molecular complexity index is 2030. The minimum Gasteiger partial charge on any atom is -0.484 e. The molecule has 3 heterocycles. The molecule has 2 aliphatic heterocycles. The number of hydrogen-bond acceptors (Lipinski definition) is 7. The predicted molar refractivity (Wildman–Crippen MR) is 174 cm³/mol. The molecule has 48 heavy (non-hydrogen) atoms. The zero-order valence-electron chi connectivity index (χ0n) is 25.3. The van der Waals surface area contributed by atoms with Crippen LogP contribution in [0.1, 0.15) is 33.9 Å². The van der Waals surface area contributed by atoms with Gasteiger partial charge in [0.25, 0.3) is 5.91 Å². The molecule has 1 saturated heterocycles. The second kappa shape index (κ2) is 11.4. The number of alkyl halides is 3. The molecule has 2 aliphatic carbocycles. The van der Waals surface area contributed by atoms with Crippen molar-refractivity contribution >= 4 is 52.2 Å². The summed E-state index contributed by atoms with van der Waals surface area (Å²) in [5.74, 6) is -2.03. The van der Waals surface area contributed by atoms with E-state index in [1.54, 1.807) is 30.0 Å². The van der Waals surface area contributed by atoms with E-state index in [-0.39, 0.29) is 51.3 Å². The third-order valence-corrected chi connectivity index (χ3v) is 12.7. The van der Waals surface area contributed by atoms with E-state index in [0.29, 0.717) is 11.4 Å². The lowest BCUT2D eigenvalue weighted by atomic mass is 9.68. The van der Waals surface area contributed by atoms with Crippen LogP contribution in [0.2, 0.25) is 0 Å². The summed E-state index contributed by atoms with van der Waals surface area (Å²) in [6.07, 6.45) is -3.89. The highest BCUT2D eigenvalue weighted by atomic mass is 32.2. The number of para-hydroxylation sites is 1. The average Bonchev–Trinajstić information content (AvgIpc) is 3.79. The Labute approximate surface area is 280 Å². The number of rotatable bonds is 6. The van der Waals surface area contributed by atoms with E-state index < -0.39 is 36.1 Å². The number of amides is 3. The first-order valence-corrected chi connectivity index (χ1v) is 17.2. The number of nitrogens with one attached hydrogen (secondary N) is 2. The summed E-state index contributed by atoms with van der Waals surface area (Å²) < 4.78 is 46.0. The van der Waals surface area contributed by atoms with E-state index >= 15 is 0 Å². The standard InChI is InChI=1S/C35H28F3N3O5S2/c1-16-9-11-18(12-10-16)41-32(43)27-20-14-21(28(27)33(41)44)29-26(20)25(30-31(47-29)40-34(45)48-30)17-5-4-6-19(13-17)46-15-24(42)39-23-8-3-2-7-22(23)35(36,37)38/h2-13,20-21,25-29H,14-15H2,1H3,(H,39,42)(H,40,45)/t20?,21?,25-,26?,27?,28?,29?/m1/s1. The van der Waals surface area contributed by atoms with Gasteiger partial charge in [-0.3, -0.25) is 24.1 Å². The summed E-state index contributed by atoms with van der Waals surface area (Å²) in [6, 6.07) is 19.3. The number of anilines is 2. The van der Waals surface area contributed by atoms with Crippen LogP contribution in [0.5, 0.6) is 5.75 Å². The number of fused-ring (bicyclic) bond motifs is 9. The largest absolute Gasteiger partial charge is 0.484 e. The second-order valence-electron chi connectivity index (χ2n) is 12.8. The molecule has 2 saturated carbocycles. The van der Waals surface area contributed by atoms with Gasteiger partial charge in [0.05, 0.1) is 33.8 Å². The maximum atomic E-state index is 14.0. The number of thiazole rings is 1. The number of benzene rings is 3. The smallest absolute Gasteiger partial charge is 0.418 e. The average molecular weight is 692 g/mol. The molecule has 3 amide bonds. The highest BCUT2D eigenvalue weighted by Crippen LogP contribution is 2.68. The number of ether oxygens (including phenoxy) is 1. The number of imide groups is 1. The quantitative estimate of drug-likeness (QED) is 0.225. The number of hydrogen-bond donors (Lipinski definition) is 2. The van der Waals surface area contributed by atoms with Crippen molar-refractivity contribution in [1.82, 2.24) is 4.98 Å². The lowest BCUT2D eigenvalue weighted by molar-refractivity contribution is -0.137. The predicted octanol–water partition coefficient (Wildman–Crippen LogP) is 6.46. The molecule has 4 aliphatic rings. The molecule has 246 valence electrons. The molecular formula is C35H28F3N3O5S2. The fraction of sp³-hybridized carbons (Fsp3) is 0.314. The third kappa shape index (κ3) is 4.97. The summed E-state index contributed by atoms with van der Waals surface area (Å²) in [6.45, 7) is 1.43. The van der Waals surface area contributed by atoms with Crippen LogP contribution in [0.4, 0.5) is 24.5 Å². The summed E-state index contributed by atoms with van der Waals surface area (Å²) >= 11 is 2.72. The number of carbonyl (C=O) groups is 3. The molecule has 0 radical (unpaired) electrons. The van der Waals surface area contributed by atoms with E-state index in [9.17, 15) is 32.3 Å². The number of thioether (sulfide) groups is 1.